The summed E-state index contributed by atoms with van der Waals surface area (Å²) in [5.74, 6) is 0.0122. The first-order chi connectivity index (χ1) is 12.4. The quantitative estimate of drug-likeness (QED) is 0.505. The molecular formula is C15H18ClN5O4S. The molecule has 0 saturated carbocycles. The minimum atomic E-state index is -3.97. The van der Waals surface area contributed by atoms with Gasteiger partial charge in [-0.05, 0) is 24.3 Å². The van der Waals surface area contributed by atoms with Crippen molar-refractivity contribution in [1.82, 2.24) is 19.8 Å². The molecule has 0 bridgehead atoms. The van der Waals surface area contributed by atoms with Crippen LogP contribution in [-0.2, 0) is 14.9 Å². The Bertz CT molecular complexity index is 864. The molecule has 0 radical (unpaired) electrons. The number of nitrogens with zero attached hydrogens (tertiary/aromatic N) is 3. The zero-order valence-electron chi connectivity index (χ0n) is 14.1. The molecule has 0 aliphatic carbocycles. The number of benzene rings is 1. The third kappa shape index (κ3) is 4.88. The van der Waals surface area contributed by atoms with Crippen LogP contribution in [-0.4, -0.2) is 56.0 Å². The Labute approximate surface area is 156 Å². The number of hydroxylamine groups is 1. The van der Waals surface area contributed by atoms with Crippen molar-refractivity contribution in [2.24, 2.45) is 0 Å². The molecule has 1 aromatic carbocycles. The highest BCUT2D eigenvalue weighted by atomic mass is 35.5. The van der Waals surface area contributed by atoms with Crippen LogP contribution in [0.1, 0.15) is 10.4 Å². The normalized spacial score (nSPS) is 11.4. The molecule has 0 spiro atoms. The highest BCUT2D eigenvalue weighted by molar-refractivity contribution is 7.89. The Hall–Kier alpha value is -2.27. The molecule has 0 atom stereocenters. The van der Waals surface area contributed by atoms with E-state index in [0.717, 1.165) is 0 Å². The Morgan fingerprint density at radius 1 is 1.27 bits per heavy atom. The number of sulfonamides is 1. The number of amides is 1. The van der Waals surface area contributed by atoms with Crippen molar-refractivity contribution in [3.8, 4) is 0 Å². The zero-order valence-corrected chi connectivity index (χ0v) is 15.7. The molecule has 26 heavy (non-hydrogen) atoms. The summed E-state index contributed by atoms with van der Waals surface area (Å²) in [5.41, 5.74) is 0.161. The smallest absolute Gasteiger partial charge is 0.266 e. The van der Waals surface area contributed by atoms with Crippen LogP contribution in [0, 0.1) is 0 Å². The van der Waals surface area contributed by atoms with Gasteiger partial charge in [0.15, 0.2) is 0 Å². The van der Waals surface area contributed by atoms with E-state index in [0.29, 0.717) is 23.5 Å². The molecule has 1 aromatic heterocycles. The lowest BCUT2D eigenvalue weighted by Gasteiger charge is -2.16. The fraction of sp³-hybridized carbons (Fsp3) is 0.267. The Morgan fingerprint density at radius 2 is 1.96 bits per heavy atom. The van der Waals surface area contributed by atoms with Crippen LogP contribution in [0.3, 0.4) is 0 Å². The van der Waals surface area contributed by atoms with Crippen molar-refractivity contribution in [3.63, 3.8) is 0 Å². The summed E-state index contributed by atoms with van der Waals surface area (Å²) >= 11 is 5.96. The number of rotatable bonds is 8. The van der Waals surface area contributed by atoms with Gasteiger partial charge in [-0.2, -0.15) is 0 Å². The van der Waals surface area contributed by atoms with Gasteiger partial charge in [-0.15, -0.1) is 0 Å². The van der Waals surface area contributed by atoms with Gasteiger partial charge in [0.1, 0.15) is 4.90 Å². The van der Waals surface area contributed by atoms with E-state index in [4.69, 9.17) is 16.4 Å². The average Bonchev–Trinajstić information content (AvgIpc) is 2.65. The van der Waals surface area contributed by atoms with E-state index in [1.54, 1.807) is 18.5 Å². The fourth-order valence-corrected chi connectivity index (χ4v) is 3.40. The summed E-state index contributed by atoms with van der Waals surface area (Å²) in [6.07, 6.45) is 3.20. The fourth-order valence-electron chi connectivity index (χ4n) is 1.92. The van der Waals surface area contributed by atoms with E-state index in [2.05, 4.69) is 20.6 Å². The number of carbonyl (C=O) groups is 1. The molecule has 0 fully saturated rings. The predicted molar refractivity (Wildman–Crippen MR) is 96.3 cm³/mol. The van der Waals surface area contributed by atoms with Gasteiger partial charge in [0, 0.05) is 38.1 Å². The van der Waals surface area contributed by atoms with Crippen molar-refractivity contribution in [3.05, 3.63) is 47.2 Å². The van der Waals surface area contributed by atoms with Crippen LogP contribution in [0.25, 0.3) is 0 Å². The third-order valence-corrected chi connectivity index (χ3v) is 5.49. The van der Waals surface area contributed by atoms with E-state index in [9.17, 15) is 13.2 Å². The topological polar surface area (TPSA) is 114 Å². The second-order valence-corrected chi connectivity index (χ2v) is 7.31. The summed E-state index contributed by atoms with van der Waals surface area (Å²) in [4.78, 5) is 24.7. The number of hydrogen-bond acceptors (Lipinski definition) is 7. The number of nitrogens with one attached hydrogen (secondary N) is 2. The monoisotopic (exact) mass is 399 g/mol. The molecule has 0 unspecified atom stereocenters. The standard InChI is InChI=1S/C15H18ClN5O4S/c1-21(25-2)26(23,24)13-10-11(4-5-12(13)16)14(22)17-8-9-20-15-18-6-3-7-19-15/h3-7,10H,8-9H2,1-2H3,(H,17,22)(H,18,19,20). The van der Waals surface area contributed by atoms with Crippen LogP contribution in [0.4, 0.5) is 5.95 Å². The van der Waals surface area contributed by atoms with E-state index in [-0.39, 0.29) is 15.5 Å². The largest absolute Gasteiger partial charge is 0.352 e. The lowest BCUT2D eigenvalue weighted by molar-refractivity contribution is -0.0258. The minimum Gasteiger partial charge on any atom is -0.352 e. The first-order valence-corrected chi connectivity index (χ1v) is 9.29. The third-order valence-electron chi connectivity index (χ3n) is 3.33. The van der Waals surface area contributed by atoms with Gasteiger partial charge >= 0.3 is 0 Å². The molecular weight excluding hydrogens is 382 g/mol. The lowest BCUT2D eigenvalue weighted by Crippen LogP contribution is -2.30. The lowest BCUT2D eigenvalue weighted by atomic mass is 10.2. The summed E-state index contributed by atoms with van der Waals surface area (Å²) in [6.45, 7) is 0.695. The van der Waals surface area contributed by atoms with Crippen LogP contribution in [0.15, 0.2) is 41.6 Å². The molecule has 2 N–H and O–H groups in total. The van der Waals surface area contributed by atoms with Crippen LogP contribution in [0.5, 0.6) is 0 Å². The number of anilines is 1. The number of carbonyl (C=O) groups excluding carboxylic acids is 1. The Balaban J connectivity index is 2.02. The predicted octanol–water partition coefficient (Wildman–Crippen LogP) is 1.15. The first kappa shape index (κ1) is 20.0. The van der Waals surface area contributed by atoms with Gasteiger partial charge in [-0.1, -0.05) is 16.1 Å². The molecule has 11 heteroatoms. The Kier molecular flexibility index (Phi) is 6.86. The number of aromatic nitrogens is 2. The van der Waals surface area contributed by atoms with Gasteiger partial charge in [0.25, 0.3) is 15.9 Å². The van der Waals surface area contributed by atoms with Crippen LogP contribution < -0.4 is 10.6 Å². The molecule has 2 aromatic rings. The summed E-state index contributed by atoms with van der Waals surface area (Å²) < 4.78 is 25.3. The minimum absolute atomic E-state index is 0.00616. The molecule has 140 valence electrons. The van der Waals surface area contributed by atoms with Gasteiger partial charge in [-0.3, -0.25) is 9.63 Å². The molecule has 9 nitrogen and oxygen atoms in total. The van der Waals surface area contributed by atoms with Crippen molar-refractivity contribution < 1.29 is 18.0 Å². The molecule has 0 aliphatic heterocycles. The van der Waals surface area contributed by atoms with Crippen molar-refractivity contribution >= 4 is 33.5 Å². The van der Waals surface area contributed by atoms with Crippen molar-refractivity contribution in [2.45, 2.75) is 4.90 Å². The Morgan fingerprint density at radius 3 is 2.62 bits per heavy atom. The number of hydrogen-bond donors (Lipinski definition) is 2. The maximum atomic E-state index is 12.3. The van der Waals surface area contributed by atoms with Crippen molar-refractivity contribution in [1.29, 1.82) is 0 Å². The summed E-state index contributed by atoms with van der Waals surface area (Å²) in [7, 11) is -1.52. The van der Waals surface area contributed by atoms with E-state index >= 15 is 0 Å². The molecule has 0 aliphatic rings. The molecule has 2 rings (SSSR count). The maximum absolute atomic E-state index is 12.3. The average molecular weight is 400 g/mol. The van der Waals surface area contributed by atoms with Gasteiger partial charge in [0.05, 0.1) is 12.1 Å². The van der Waals surface area contributed by atoms with Crippen molar-refractivity contribution in [2.75, 3.05) is 32.6 Å². The highest BCUT2D eigenvalue weighted by Gasteiger charge is 2.25. The second-order valence-electron chi connectivity index (χ2n) is 5.00. The van der Waals surface area contributed by atoms with Crippen LogP contribution in [0.2, 0.25) is 5.02 Å². The maximum Gasteiger partial charge on any atom is 0.266 e. The van der Waals surface area contributed by atoms with E-state index < -0.39 is 15.9 Å². The van der Waals surface area contributed by atoms with Gasteiger partial charge < -0.3 is 10.6 Å². The highest BCUT2D eigenvalue weighted by Crippen LogP contribution is 2.25. The van der Waals surface area contributed by atoms with Gasteiger partial charge in [0.2, 0.25) is 5.95 Å². The van der Waals surface area contributed by atoms with E-state index in [1.165, 1.54) is 32.4 Å². The first-order valence-electron chi connectivity index (χ1n) is 7.48. The van der Waals surface area contributed by atoms with Gasteiger partial charge in [-0.25, -0.2) is 18.4 Å². The molecule has 1 amide bonds. The zero-order chi connectivity index (χ0) is 19.2. The summed E-state index contributed by atoms with van der Waals surface area (Å²) in [6, 6.07) is 5.69. The SMILES string of the molecule is CON(C)S(=O)(=O)c1cc(C(=O)NCCNc2ncccn2)ccc1Cl. The molecule has 0 saturated heterocycles. The summed E-state index contributed by atoms with van der Waals surface area (Å²) in [5, 5.41) is 5.61. The number of halogens is 1. The van der Waals surface area contributed by atoms with Crippen LogP contribution >= 0.6 is 11.6 Å². The molecule has 1 heterocycles. The van der Waals surface area contributed by atoms with E-state index in [1.807, 2.05) is 0 Å². The second kappa shape index (κ2) is 8.90.